The number of thioether (sulfide) groups is 1. The molecule has 0 atom stereocenters. The van der Waals surface area contributed by atoms with Gasteiger partial charge < -0.3 is 15.4 Å². The van der Waals surface area contributed by atoms with Crippen LogP contribution in [0.2, 0.25) is 0 Å². The van der Waals surface area contributed by atoms with Crippen LogP contribution in [0.4, 0.5) is 5.69 Å². The Balaban J connectivity index is 2.30. The summed E-state index contributed by atoms with van der Waals surface area (Å²) in [5.41, 5.74) is 8.09. The van der Waals surface area contributed by atoms with Gasteiger partial charge in [0.2, 0.25) is 0 Å². The minimum atomic E-state index is 0.478. The van der Waals surface area contributed by atoms with Crippen LogP contribution in [-0.2, 0) is 6.54 Å². The van der Waals surface area contributed by atoms with Crippen LogP contribution in [0.5, 0.6) is 11.5 Å². The second kappa shape index (κ2) is 7.38. The van der Waals surface area contributed by atoms with Crippen molar-refractivity contribution < 1.29 is 4.74 Å². The van der Waals surface area contributed by atoms with Crippen LogP contribution in [0.25, 0.3) is 0 Å². The van der Waals surface area contributed by atoms with Crippen LogP contribution in [0, 0.1) is 0 Å². The van der Waals surface area contributed by atoms with Gasteiger partial charge in [-0.25, -0.2) is 0 Å². The number of hydrogen-bond acceptors (Lipinski definition) is 4. The number of anilines is 1. The molecule has 21 heavy (non-hydrogen) atoms. The van der Waals surface area contributed by atoms with Gasteiger partial charge in [0, 0.05) is 42.9 Å². The predicted molar refractivity (Wildman–Crippen MR) is 91.6 cm³/mol. The Hall–Kier alpha value is -1.65. The normalized spacial score (nSPS) is 10.5. The highest BCUT2D eigenvalue weighted by Crippen LogP contribution is 2.33. The molecule has 0 saturated carbocycles. The highest BCUT2D eigenvalue weighted by atomic mass is 32.2. The third kappa shape index (κ3) is 3.93. The lowest BCUT2D eigenvalue weighted by Crippen LogP contribution is -2.08. The summed E-state index contributed by atoms with van der Waals surface area (Å²) in [6.45, 7) is 2.62. The molecule has 0 aliphatic heterocycles. The van der Waals surface area contributed by atoms with E-state index in [2.05, 4.69) is 24.0 Å². The van der Waals surface area contributed by atoms with Crippen molar-refractivity contribution in [3.8, 4) is 11.5 Å². The van der Waals surface area contributed by atoms with Crippen molar-refractivity contribution in [2.24, 2.45) is 5.73 Å². The summed E-state index contributed by atoms with van der Waals surface area (Å²) in [5.74, 6) is 2.69. The minimum Gasteiger partial charge on any atom is -0.457 e. The molecule has 0 aliphatic rings. The van der Waals surface area contributed by atoms with Gasteiger partial charge in [-0.05, 0) is 30.0 Å². The summed E-state index contributed by atoms with van der Waals surface area (Å²) in [4.78, 5) is 3.25. The molecular formula is C17H22N2OS. The molecule has 0 aromatic heterocycles. The van der Waals surface area contributed by atoms with Crippen LogP contribution in [-0.4, -0.2) is 19.8 Å². The number of benzene rings is 2. The van der Waals surface area contributed by atoms with Gasteiger partial charge in [-0.3, -0.25) is 0 Å². The summed E-state index contributed by atoms with van der Waals surface area (Å²) < 4.78 is 6.06. The fourth-order valence-electron chi connectivity index (χ4n) is 2.09. The summed E-state index contributed by atoms with van der Waals surface area (Å²) in [5, 5.41) is 0. The van der Waals surface area contributed by atoms with Gasteiger partial charge >= 0.3 is 0 Å². The predicted octanol–water partition coefficient (Wildman–Crippen LogP) is 4.12. The number of hydrogen-bond donors (Lipinski definition) is 1. The van der Waals surface area contributed by atoms with Crippen LogP contribution >= 0.6 is 11.8 Å². The van der Waals surface area contributed by atoms with Gasteiger partial charge in [-0.2, -0.15) is 0 Å². The van der Waals surface area contributed by atoms with Crippen molar-refractivity contribution in [2.45, 2.75) is 18.4 Å². The van der Waals surface area contributed by atoms with E-state index in [9.17, 15) is 0 Å². The molecule has 0 fully saturated rings. The van der Waals surface area contributed by atoms with Crippen molar-refractivity contribution in [3.63, 3.8) is 0 Å². The second-order valence-electron chi connectivity index (χ2n) is 4.86. The molecule has 0 radical (unpaired) electrons. The second-order valence-corrected chi connectivity index (χ2v) is 6.17. The molecule has 2 aromatic carbocycles. The van der Waals surface area contributed by atoms with E-state index in [1.165, 1.54) is 4.90 Å². The van der Waals surface area contributed by atoms with Crippen molar-refractivity contribution in [1.29, 1.82) is 0 Å². The van der Waals surface area contributed by atoms with Crippen molar-refractivity contribution in [2.75, 3.05) is 24.7 Å². The van der Waals surface area contributed by atoms with E-state index in [-0.39, 0.29) is 0 Å². The smallest absolute Gasteiger partial charge is 0.133 e. The Morgan fingerprint density at radius 1 is 1.14 bits per heavy atom. The average Bonchev–Trinajstić information content (AvgIpc) is 2.48. The van der Waals surface area contributed by atoms with E-state index in [1.807, 2.05) is 44.4 Å². The van der Waals surface area contributed by atoms with Gasteiger partial charge in [0.25, 0.3) is 0 Å². The molecule has 0 aliphatic carbocycles. The molecule has 2 aromatic rings. The van der Waals surface area contributed by atoms with E-state index < -0.39 is 0 Å². The van der Waals surface area contributed by atoms with Crippen molar-refractivity contribution in [1.82, 2.24) is 0 Å². The summed E-state index contributed by atoms with van der Waals surface area (Å²) in [6.07, 6.45) is 0. The lowest BCUT2D eigenvalue weighted by Gasteiger charge is -2.16. The van der Waals surface area contributed by atoms with Crippen LogP contribution in [0.1, 0.15) is 12.5 Å². The van der Waals surface area contributed by atoms with E-state index >= 15 is 0 Å². The summed E-state index contributed by atoms with van der Waals surface area (Å²) >= 11 is 1.79. The monoisotopic (exact) mass is 302 g/mol. The Kier molecular flexibility index (Phi) is 5.53. The lowest BCUT2D eigenvalue weighted by atomic mass is 10.2. The molecule has 2 N–H and O–H groups in total. The maximum atomic E-state index is 6.06. The minimum absolute atomic E-state index is 0.478. The quantitative estimate of drug-likeness (QED) is 0.815. The molecule has 0 amide bonds. The Bertz CT molecular complexity index is 599. The number of nitrogens with zero attached hydrogens (tertiary/aromatic N) is 1. The van der Waals surface area contributed by atoms with Crippen LogP contribution in [0.15, 0.2) is 47.4 Å². The average molecular weight is 302 g/mol. The Morgan fingerprint density at radius 3 is 2.57 bits per heavy atom. The van der Waals surface area contributed by atoms with E-state index in [1.54, 1.807) is 11.8 Å². The molecular weight excluding hydrogens is 280 g/mol. The van der Waals surface area contributed by atoms with Gasteiger partial charge in [0.05, 0.1) is 0 Å². The van der Waals surface area contributed by atoms with E-state index in [0.717, 1.165) is 28.5 Å². The van der Waals surface area contributed by atoms with Crippen LogP contribution in [0.3, 0.4) is 0 Å². The first-order valence-corrected chi connectivity index (χ1v) is 8.04. The molecule has 0 unspecified atom stereocenters. The zero-order valence-corrected chi connectivity index (χ0v) is 13.6. The third-order valence-corrected chi connectivity index (χ3v) is 4.14. The zero-order valence-electron chi connectivity index (χ0n) is 12.8. The van der Waals surface area contributed by atoms with Gasteiger partial charge in [-0.1, -0.05) is 19.1 Å². The maximum Gasteiger partial charge on any atom is 0.133 e. The standard InChI is InChI=1S/C17H22N2OS/c1-4-21-17-10-6-9-16(15(17)12-18)20-14-8-5-7-13(11-14)19(2)3/h5-11H,4,12,18H2,1-3H3. The first kappa shape index (κ1) is 15.7. The molecule has 4 heteroatoms. The first-order chi connectivity index (χ1) is 10.2. The lowest BCUT2D eigenvalue weighted by molar-refractivity contribution is 0.474. The molecule has 0 spiro atoms. The highest BCUT2D eigenvalue weighted by molar-refractivity contribution is 7.99. The molecule has 2 rings (SSSR count). The number of rotatable bonds is 6. The van der Waals surface area contributed by atoms with E-state index in [0.29, 0.717) is 6.54 Å². The zero-order chi connectivity index (χ0) is 15.2. The molecule has 0 saturated heterocycles. The van der Waals surface area contributed by atoms with Gasteiger partial charge in [0.15, 0.2) is 0 Å². The summed E-state index contributed by atoms with van der Waals surface area (Å²) in [7, 11) is 4.03. The Morgan fingerprint density at radius 2 is 1.90 bits per heavy atom. The third-order valence-electron chi connectivity index (χ3n) is 3.16. The summed E-state index contributed by atoms with van der Waals surface area (Å²) in [6, 6.07) is 14.1. The molecule has 0 bridgehead atoms. The number of nitrogens with two attached hydrogens (primary N) is 1. The number of ether oxygens (including phenoxy) is 1. The largest absolute Gasteiger partial charge is 0.457 e. The fraction of sp³-hybridized carbons (Fsp3) is 0.294. The van der Waals surface area contributed by atoms with Crippen molar-refractivity contribution in [3.05, 3.63) is 48.0 Å². The van der Waals surface area contributed by atoms with Gasteiger partial charge in [-0.15, -0.1) is 11.8 Å². The first-order valence-electron chi connectivity index (χ1n) is 7.05. The SMILES string of the molecule is CCSc1cccc(Oc2cccc(N(C)C)c2)c1CN. The van der Waals surface area contributed by atoms with Gasteiger partial charge in [0.1, 0.15) is 11.5 Å². The molecule has 3 nitrogen and oxygen atoms in total. The Labute approximate surface area is 131 Å². The topological polar surface area (TPSA) is 38.5 Å². The fourth-order valence-corrected chi connectivity index (χ4v) is 2.93. The van der Waals surface area contributed by atoms with Crippen LogP contribution < -0.4 is 15.4 Å². The van der Waals surface area contributed by atoms with E-state index in [4.69, 9.17) is 10.5 Å². The maximum absolute atomic E-state index is 6.06. The molecule has 0 heterocycles. The molecule has 112 valence electrons. The van der Waals surface area contributed by atoms with Crippen molar-refractivity contribution >= 4 is 17.4 Å². The highest BCUT2D eigenvalue weighted by Gasteiger charge is 2.09.